The van der Waals surface area contributed by atoms with E-state index in [0.717, 1.165) is 18.0 Å². The molecule has 3 aromatic rings. The molecule has 3 heterocycles. The second-order valence-electron chi connectivity index (χ2n) is 5.76. The molecule has 1 atom stereocenters. The van der Waals surface area contributed by atoms with E-state index in [1.807, 2.05) is 19.1 Å². The Morgan fingerprint density at radius 3 is 2.87 bits per heavy atom. The van der Waals surface area contributed by atoms with Crippen molar-refractivity contribution < 1.29 is 4.52 Å². The summed E-state index contributed by atoms with van der Waals surface area (Å²) in [6.07, 6.45) is 2.59. The molecule has 0 radical (unpaired) electrons. The molecule has 1 unspecified atom stereocenters. The van der Waals surface area contributed by atoms with E-state index in [9.17, 15) is 0 Å². The molecule has 1 N–H and O–H groups in total. The topological polar surface area (TPSA) is 67.1 Å². The number of aryl methyl sites for hydroxylation is 1. The molecule has 0 aliphatic carbocycles. The van der Waals surface area contributed by atoms with Gasteiger partial charge in [-0.2, -0.15) is 0 Å². The van der Waals surface area contributed by atoms with Gasteiger partial charge in [0.15, 0.2) is 5.82 Å². The van der Waals surface area contributed by atoms with Crippen molar-refractivity contribution in [3.05, 3.63) is 54.0 Å². The SMILES string of the molecule is Cc1cc(Nc2cc(N3c4ccccc4CC3C)ncn2)no1. The average molecular weight is 307 g/mol. The van der Waals surface area contributed by atoms with Crippen molar-refractivity contribution in [3.63, 3.8) is 0 Å². The van der Waals surface area contributed by atoms with E-state index in [1.165, 1.54) is 11.3 Å². The van der Waals surface area contributed by atoms with Gasteiger partial charge in [0.25, 0.3) is 0 Å². The molecule has 6 heteroatoms. The monoisotopic (exact) mass is 307 g/mol. The highest BCUT2D eigenvalue weighted by molar-refractivity contribution is 5.70. The number of rotatable bonds is 3. The first-order valence-electron chi connectivity index (χ1n) is 7.60. The maximum absolute atomic E-state index is 5.06. The molecule has 1 aromatic carbocycles. The number of aromatic nitrogens is 3. The lowest BCUT2D eigenvalue weighted by molar-refractivity contribution is 0.400. The van der Waals surface area contributed by atoms with Crippen LogP contribution in [0.2, 0.25) is 0 Å². The minimum atomic E-state index is 0.365. The third kappa shape index (κ3) is 2.52. The van der Waals surface area contributed by atoms with Crippen molar-refractivity contribution in [1.29, 1.82) is 0 Å². The molecule has 0 fully saturated rings. The number of anilines is 4. The van der Waals surface area contributed by atoms with E-state index in [4.69, 9.17) is 4.52 Å². The van der Waals surface area contributed by atoms with Crippen LogP contribution in [-0.2, 0) is 6.42 Å². The van der Waals surface area contributed by atoms with Crippen molar-refractivity contribution in [1.82, 2.24) is 15.1 Å². The zero-order valence-corrected chi connectivity index (χ0v) is 13.0. The molecule has 0 saturated carbocycles. The van der Waals surface area contributed by atoms with Crippen LogP contribution in [0.1, 0.15) is 18.2 Å². The van der Waals surface area contributed by atoms with Crippen molar-refractivity contribution >= 4 is 23.1 Å². The molecular formula is C17H17N5O. The molecule has 23 heavy (non-hydrogen) atoms. The quantitative estimate of drug-likeness (QED) is 0.797. The summed E-state index contributed by atoms with van der Waals surface area (Å²) in [6, 6.07) is 12.6. The second-order valence-corrected chi connectivity index (χ2v) is 5.76. The van der Waals surface area contributed by atoms with Crippen molar-refractivity contribution in [2.75, 3.05) is 10.2 Å². The molecular weight excluding hydrogens is 290 g/mol. The first-order valence-corrected chi connectivity index (χ1v) is 7.60. The summed E-state index contributed by atoms with van der Waals surface area (Å²) < 4.78 is 5.06. The van der Waals surface area contributed by atoms with Crippen LogP contribution in [-0.4, -0.2) is 21.2 Å². The van der Waals surface area contributed by atoms with Crippen LogP contribution >= 0.6 is 0 Å². The van der Waals surface area contributed by atoms with Gasteiger partial charge in [-0.05, 0) is 31.9 Å². The number of nitrogens with one attached hydrogen (secondary N) is 1. The highest BCUT2D eigenvalue weighted by Gasteiger charge is 2.27. The van der Waals surface area contributed by atoms with Crippen LogP contribution in [0.3, 0.4) is 0 Å². The summed E-state index contributed by atoms with van der Waals surface area (Å²) in [7, 11) is 0. The predicted octanol–water partition coefficient (Wildman–Crippen LogP) is 3.60. The number of nitrogens with zero attached hydrogens (tertiary/aromatic N) is 4. The molecule has 4 rings (SSSR count). The van der Waals surface area contributed by atoms with Gasteiger partial charge in [0.05, 0.1) is 0 Å². The van der Waals surface area contributed by atoms with Gasteiger partial charge in [-0.25, -0.2) is 9.97 Å². The standard InChI is InChI=1S/C17H17N5O/c1-11-7-13-5-3-4-6-14(13)22(11)17-9-15(18-10-19-17)20-16-8-12(2)23-21-16/h3-6,8-11H,7H2,1-2H3,(H,18,19,20,21). The van der Waals surface area contributed by atoms with E-state index in [0.29, 0.717) is 17.7 Å². The van der Waals surface area contributed by atoms with Gasteiger partial charge in [0.1, 0.15) is 23.7 Å². The van der Waals surface area contributed by atoms with Crippen molar-refractivity contribution in [3.8, 4) is 0 Å². The van der Waals surface area contributed by atoms with Crippen LogP contribution in [0.25, 0.3) is 0 Å². The molecule has 2 aromatic heterocycles. The van der Waals surface area contributed by atoms with E-state index in [2.05, 4.69) is 56.5 Å². The Bertz CT molecular complexity index is 844. The predicted molar refractivity (Wildman–Crippen MR) is 88.3 cm³/mol. The first-order chi connectivity index (χ1) is 11.2. The van der Waals surface area contributed by atoms with E-state index in [-0.39, 0.29) is 0 Å². The van der Waals surface area contributed by atoms with Crippen molar-refractivity contribution in [2.24, 2.45) is 0 Å². The average Bonchev–Trinajstić information content (AvgIpc) is 3.09. The summed E-state index contributed by atoms with van der Waals surface area (Å²) in [5.74, 6) is 2.96. The lowest BCUT2D eigenvalue weighted by atomic mass is 10.1. The fourth-order valence-corrected chi connectivity index (χ4v) is 3.02. The molecule has 1 aliphatic rings. The smallest absolute Gasteiger partial charge is 0.175 e. The number of fused-ring (bicyclic) bond motifs is 1. The van der Waals surface area contributed by atoms with Gasteiger partial charge in [0, 0.05) is 23.9 Å². The van der Waals surface area contributed by atoms with Crippen LogP contribution in [0, 0.1) is 6.92 Å². The third-order valence-electron chi connectivity index (χ3n) is 3.99. The Morgan fingerprint density at radius 2 is 2.04 bits per heavy atom. The molecule has 6 nitrogen and oxygen atoms in total. The molecule has 0 saturated heterocycles. The van der Waals surface area contributed by atoms with Gasteiger partial charge in [-0.3, -0.25) is 0 Å². The second kappa shape index (κ2) is 5.39. The Balaban J connectivity index is 1.66. The van der Waals surface area contributed by atoms with Crippen LogP contribution in [0.15, 0.2) is 47.2 Å². The summed E-state index contributed by atoms with van der Waals surface area (Å²) in [5.41, 5.74) is 2.56. The lowest BCUT2D eigenvalue weighted by Crippen LogP contribution is -2.24. The van der Waals surface area contributed by atoms with Gasteiger partial charge >= 0.3 is 0 Å². The zero-order valence-electron chi connectivity index (χ0n) is 13.0. The molecule has 1 aliphatic heterocycles. The molecule has 0 amide bonds. The summed E-state index contributed by atoms with van der Waals surface area (Å²) in [6.45, 7) is 4.06. The maximum atomic E-state index is 5.06. The van der Waals surface area contributed by atoms with E-state index >= 15 is 0 Å². The largest absolute Gasteiger partial charge is 0.360 e. The van der Waals surface area contributed by atoms with Crippen molar-refractivity contribution in [2.45, 2.75) is 26.3 Å². The summed E-state index contributed by atoms with van der Waals surface area (Å²) >= 11 is 0. The third-order valence-corrected chi connectivity index (χ3v) is 3.99. The van der Waals surface area contributed by atoms with E-state index < -0.39 is 0 Å². The minimum absolute atomic E-state index is 0.365. The highest BCUT2D eigenvalue weighted by atomic mass is 16.5. The van der Waals surface area contributed by atoms with Crippen LogP contribution in [0.5, 0.6) is 0 Å². The van der Waals surface area contributed by atoms with Gasteiger partial charge in [0.2, 0.25) is 0 Å². The highest BCUT2D eigenvalue weighted by Crippen LogP contribution is 2.37. The lowest BCUT2D eigenvalue weighted by Gasteiger charge is -2.23. The fourth-order valence-electron chi connectivity index (χ4n) is 3.02. The van der Waals surface area contributed by atoms with Gasteiger partial charge in [-0.1, -0.05) is 23.4 Å². The van der Waals surface area contributed by atoms with Gasteiger partial charge in [-0.15, -0.1) is 0 Å². The fraction of sp³-hybridized carbons (Fsp3) is 0.235. The minimum Gasteiger partial charge on any atom is -0.360 e. The molecule has 0 bridgehead atoms. The Morgan fingerprint density at radius 1 is 1.17 bits per heavy atom. The maximum Gasteiger partial charge on any atom is 0.175 e. The zero-order chi connectivity index (χ0) is 15.8. The number of para-hydroxylation sites is 1. The Hall–Kier alpha value is -2.89. The van der Waals surface area contributed by atoms with Gasteiger partial charge < -0.3 is 14.7 Å². The number of hydrogen-bond acceptors (Lipinski definition) is 6. The number of hydrogen-bond donors (Lipinski definition) is 1. The Kier molecular flexibility index (Phi) is 3.22. The molecule has 0 spiro atoms. The summed E-state index contributed by atoms with van der Waals surface area (Å²) in [5, 5.41) is 7.07. The number of benzene rings is 1. The van der Waals surface area contributed by atoms with Crippen LogP contribution < -0.4 is 10.2 Å². The van der Waals surface area contributed by atoms with E-state index in [1.54, 1.807) is 6.33 Å². The summed E-state index contributed by atoms with van der Waals surface area (Å²) in [4.78, 5) is 11.0. The Labute approximate surface area is 134 Å². The first kappa shape index (κ1) is 13.8. The van der Waals surface area contributed by atoms with Crippen LogP contribution in [0.4, 0.5) is 23.1 Å². The normalized spacial score (nSPS) is 16.4. The molecule has 116 valence electrons.